The first-order valence-corrected chi connectivity index (χ1v) is 9.42. The van der Waals surface area contributed by atoms with Crippen molar-refractivity contribution in [1.29, 1.82) is 0 Å². The van der Waals surface area contributed by atoms with Crippen LogP contribution >= 0.6 is 11.3 Å². The summed E-state index contributed by atoms with van der Waals surface area (Å²) < 4.78 is 0. The van der Waals surface area contributed by atoms with Crippen LogP contribution < -0.4 is 0 Å². The Balaban J connectivity index is 1.68. The van der Waals surface area contributed by atoms with E-state index in [2.05, 4.69) is 48.4 Å². The van der Waals surface area contributed by atoms with Crippen LogP contribution in [0.2, 0.25) is 0 Å². The van der Waals surface area contributed by atoms with Crippen molar-refractivity contribution in [3.05, 3.63) is 47.3 Å². The van der Waals surface area contributed by atoms with Crippen LogP contribution in [-0.2, 0) is 0 Å². The number of hydrogen-bond acceptors (Lipinski definition) is 3. The number of benzene rings is 1. The molecule has 2 nitrogen and oxygen atoms in total. The van der Waals surface area contributed by atoms with Crippen molar-refractivity contribution >= 4 is 17.1 Å². The first-order chi connectivity index (χ1) is 11.1. The molecule has 122 valence electrons. The van der Waals surface area contributed by atoms with Crippen molar-refractivity contribution < 1.29 is 4.79 Å². The Morgan fingerprint density at radius 3 is 2.91 bits per heavy atom. The van der Waals surface area contributed by atoms with Crippen LogP contribution in [0.25, 0.3) is 10.4 Å². The molecule has 2 heterocycles. The number of hydrogen-bond donors (Lipinski definition) is 0. The lowest BCUT2D eigenvalue weighted by Gasteiger charge is -2.35. The smallest absolute Gasteiger partial charge is 0.163 e. The van der Waals surface area contributed by atoms with Crippen molar-refractivity contribution in [2.24, 2.45) is 5.92 Å². The molecule has 0 unspecified atom stereocenters. The maximum atomic E-state index is 12.7. The minimum Gasteiger partial charge on any atom is -0.301 e. The number of ketones is 1. The van der Waals surface area contributed by atoms with Crippen LogP contribution in [0.5, 0.6) is 0 Å². The summed E-state index contributed by atoms with van der Waals surface area (Å²) in [5, 5.41) is 2.08. The van der Waals surface area contributed by atoms with Crippen LogP contribution in [-0.4, -0.2) is 29.8 Å². The molecule has 1 aromatic carbocycles. The van der Waals surface area contributed by atoms with Gasteiger partial charge < -0.3 is 4.90 Å². The van der Waals surface area contributed by atoms with Crippen LogP contribution in [0.1, 0.15) is 43.5 Å². The summed E-state index contributed by atoms with van der Waals surface area (Å²) in [6, 6.07) is 12.8. The van der Waals surface area contributed by atoms with Gasteiger partial charge in [-0.25, -0.2) is 0 Å². The zero-order valence-electron chi connectivity index (χ0n) is 14.0. The van der Waals surface area contributed by atoms with Gasteiger partial charge in [0.2, 0.25) is 0 Å². The minimum absolute atomic E-state index is 0.291. The third-order valence-electron chi connectivity index (χ3n) is 4.75. The lowest BCUT2D eigenvalue weighted by atomic mass is 9.90. The second kappa shape index (κ2) is 7.41. The average Bonchev–Trinajstić information content (AvgIpc) is 3.10. The quantitative estimate of drug-likeness (QED) is 0.711. The zero-order chi connectivity index (χ0) is 16.2. The topological polar surface area (TPSA) is 20.3 Å². The molecule has 0 radical (unpaired) electrons. The van der Waals surface area contributed by atoms with E-state index in [1.54, 1.807) is 11.3 Å². The van der Waals surface area contributed by atoms with Gasteiger partial charge in [-0.05, 0) is 62.2 Å². The predicted octanol–water partition coefficient (Wildman–Crippen LogP) is 5.11. The Bertz CT molecular complexity index is 647. The van der Waals surface area contributed by atoms with Gasteiger partial charge in [0.1, 0.15) is 0 Å². The standard InChI is InChI=1S/C20H25NOS/c1-15(2)21-10-4-6-16(14-21)12-19(22)17-7-3-8-18(13-17)20-9-5-11-23-20/h3,5,7-9,11,13,15-16H,4,6,10,12,14H2,1-2H3/t16-/m0/s1. The van der Waals surface area contributed by atoms with Crippen LogP contribution in [0.15, 0.2) is 41.8 Å². The van der Waals surface area contributed by atoms with Crippen molar-refractivity contribution in [1.82, 2.24) is 4.90 Å². The van der Waals surface area contributed by atoms with E-state index in [0.29, 0.717) is 24.2 Å². The fraction of sp³-hybridized carbons (Fsp3) is 0.450. The molecule has 23 heavy (non-hydrogen) atoms. The van der Waals surface area contributed by atoms with Crippen molar-refractivity contribution in [3.63, 3.8) is 0 Å². The molecule has 1 atom stereocenters. The Labute approximate surface area is 143 Å². The third kappa shape index (κ3) is 4.10. The number of Topliss-reactive ketones (excluding diaryl/α,β-unsaturated/α-hetero) is 1. The number of carbonyl (C=O) groups excluding carboxylic acids is 1. The average molecular weight is 327 g/mol. The summed E-state index contributed by atoms with van der Waals surface area (Å²) in [4.78, 5) is 16.4. The number of carbonyl (C=O) groups is 1. The van der Waals surface area contributed by atoms with Crippen molar-refractivity contribution in [3.8, 4) is 10.4 Å². The lowest BCUT2D eigenvalue weighted by Crippen LogP contribution is -2.40. The van der Waals surface area contributed by atoms with Gasteiger partial charge in [-0.15, -0.1) is 11.3 Å². The monoisotopic (exact) mass is 327 g/mol. The predicted molar refractivity (Wildman–Crippen MR) is 98.1 cm³/mol. The summed E-state index contributed by atoms with van der Waals surface area (Å²) in [5.74, 6) is 0.794. The molecule has 0 bridgehead atoms. The zero-order valence-corrected chi connectivity index (χ0v) is 14.8. The molecule has 3 heteroatoms. The molecule has 1 aromatic heterocycles. The van der Waals surface area contributed by atoms with Gasteiger partial charge >= 0.3 is 0 Å². The van der Waals surface area contributed by atoms with E-state index in [0.717, 1.165) is 17.7 Å². The lowest BCUT2D eigenvalue weighted by molar-refractivity contribution is 0.0890. The highest BCUT2D eigenvalue weighted by Crippen LogP contribution is 2.27. The summed E-state index contributed by atoms with van der Waals surface area (Å²) >= 11 is 1.72. The molecule has 3 rings (SSSR count). The number of thiophene rings is 1. The first kappa shape index (κ1) is 16.4. The molecular weight excluding hydrogens is 302 g/mol. The fourth-order valence-electron chi connectivity index (χ4n) is 3.40. The maximum Gasteiger partial charge on any atom is 0.163 e. The number of rotatable bonds is 5. The minimum atomic E-state index is 0.291. The molecule has 0 N–H and O–H groups in total. The summed E-state index contributed by atoms with van der Waals surface area (Å²) in [6.45, 7) is 6.73. The normalized spacial score (nSPS) is 19.2. The molecule has 0 aliphatic carbocycles. The van der Waals surface area contributed by atoms with E-state index in [-0.39, 0.29) is 0 Å². The highest BCUT2D eigenvalue weighted by Gasteiger charge is 2.24. The second-order valence-corrected chi connectivity index (χ2v) is 7.73. The second-order valence-electron chi connectivity index (χ2n) is 6.78. The first-order valence-electron chi connectivity index (χ1n) is 8.54. The highest BCUT2D eigenvalue weighted by atomic mass is 32.1. The summed E-state index contributed by atoms with van der Waals surface area (Å²) in [5.41, 5.74) is 2.01. The Morgan fingerprint density at radius 2 is 2.17 bits per heavy atom. The van der Waals surface area contributed by atoms with Crippen LogP contribution in [0.3, 0.4) is 0 Å². The van der Waals surface area contributed by atoms with E-state index < -0.39 is 0 Å². The van der Waals surface area contributed by atoms with E-state index in [4.69, 9.17) is 0 Å². The van der Waals surface area contributed by atoms with Gasteiger partial charge in [0.05, 0.1) is 0 Å². The number of piperidine rings is 1. The van der Waals surface area contributed by atoms with Crippen molar-refractivity contribution in [2.75, 3.05) is 13.1 Å². The maximum absolute atomic E-state index is 12.7. The van der Waals surface area contributed by atoms with E-state index in [9.17, 15) is 4.79 Å². The number of likely N-dealkylation sites (tertiary alicyclic amines) is 1. The van der Waals surface area contributed by atoms with Crippen LogP contribution in [0.4, 0.5) is 0 Å². The van der Waals surface area contributed by atoms with E-state index >= 15 is 0 Å². The van der Waals surface area contributed by atoms with Gasteiger partial charge in [-0.1, -0.05) is 24.3 Å². The molecule has 1 aliphatic heterocycles. The van der Waals surface area contributed by atoms with E-state index in [1.165, 1.54) is 24.3 Å². The third-order valence-corrected chi connectivity index (χ3v) is 5.66. The fourth-order valence-corrected chi connectivity index (χ4v) is 4.13. The Kier molecular flexibility index (Phi) is 5.29. The summed E-state index contributed by atoms with van der Waals surface area (Å²) in [6.07, 6.45) is 3.07. The molecule has 1 aliphatic rings. The Morgan fingerprint density at radius 1 is 1.30 bits per heavy atom. The van der Waals surface area contributed by atoms with Crippen molar-refractivity contribution in [2.45, 2.75) is 39.2 Å². The Hall–Kier alpha value is -1.45. The highest BCUT2D eigenvalue weighted by molar-refractivity contribution is 7.13. The van der Waals surface area contributed by atoms with Gasteiger partial charge in [0, 0.05) is 29.4 Å². The number of nitrogens with zero attached hydrogens (tertiary/aromatic N) is 1. The summed E-state index contributed by atoms with van der Waals surface area (Å²) in [7, 11) is 0. The molecule has 0 saturated carbocycles. The van der Waals surface area contributed by atoms with Gasteiger partial charge in [0.25, 0.3) is 0 Å². The van der Waals surface area contributed by atoms with Gasteiger partial charge in [-0.3, -0.25) is 4.79 Å². The van der Waals surface area contributed by atoms with Crippen LogP contribution in [0, 0.1) is 5.92 Å². The molecule has 0 spiro atoms. The molecule has 1 fully saturated rings. The molecule has 0 amide bonds. The van der Waals surface area contributed by atoms with E-state index in [1.807, 2.05) is 12.1 Å². The SMILES string of the molecule is CC(C)N1CCC[C@@H](CC(=O)c2cccc(-c3cccs3)c2)C1. The molecule has 2 aromatic rings. The largest absolute Gasteiger partial charge is 0.301 e. The molecular formula is C20H25NOS. The molecule has 1 saturated heterocycles. The van der Waals surface area contributed by atoms with Gasteiger partial charge in [-0.2, -0.15) is 0 Å². The van der Waals surface area contributed by atoms with Gasteiger partial charge in [0.15, 0.2) is 5.78 Å².